The van der Waals surface area contributed by atoms with Crippen molar-refractivity contribution >= 4 is 17.7 Å². The zero-order chi connectivity index (χ0) is 15.4. The number of primary amides is 1. The first-order valence-corrected chi connectivity index (χ1v) is 7.05. The monoisotopic (exact) mass is 311 g/mol. The molecular weight excluding hydrogens is 297 g/mol. The molecule has 2 N–H and O–H groups in total. The van der Waals surface area contributed by atoms with Crippen LogP contribution in [-0.4, -0.2) is 21.4 Å². The number of halogens is 1. The second kappa shape index (κ2) is 6.57. The molecule has 2 atom stereocenters. The molecule has 0 aliphatic rings. The van der Waals surface area contributed by atoms with E-state index in [2.05, 4.69) is 10.2 Å². The van der Waals surface area contributed by atoms with Gasteiger partial charge in [-0.05, 0) is 38.1 Å². The Morgan fingerprint density at radius 3 is 2.62 bits per heavy atom. The van der Waals surface area contributed by atoms with E-state index in [-0.39, 0.29) is 16.9 Å². The lowest BCUT2D eigenvalue weighted by molar-refractivity contribution is -0.117. The fourth-order valence-electron chi connectivity index (χ4n) is 1.41. The van der Waals surface area contributed by atoms with Gasteiger partial charge in [0.15, 0.2) is 6.10 Å². The quantitative estimate of drug-likeness (QED) is 0.823. The Morgan fingerprint density at radius 2 is 2.00 bits per heavy atom. The van der Waals surface area contributed by atoms with Crippen molar-refractivity contribution in [3.63, 3.8) is 0 Å². The van der Waals surface area contributed by atoms with Gasteiger partial charge in [0, 0.05) is 0 Å². The lowest BCUT2D eigenvalue weighted by atomic mass is 10.3. The third-order valence-corrected chi connectivity index (χ3v) is 3.53. The minimum atomic E-state index is -0.499. The van der Waals surface area contributed by atoms with E-state index in [1.807, 2.05) is 0 Å². The Bertz CT molecular complexity index is 617. The molecule has 21 heavy (non-hydrogen) atoms. The largest absolute Gasteiger partial charge is 0.481 e. The predicted molar refractivity (Wildman–Crippen MR) is 74.3 cm³/mol. The fourth-order valence-corrected chi connectivity index (χ4v) is 2.05. The standard InChI is InChI=1S/C13H14FN3O3S/c1-7(19-10-5-3-9(14)4-6-10)12-16-17-13(20-12)21-8(2)11(15)18/h3-8H,1-2H3,(H2,15,18)/t7-,8+/m0/s1. The molecule has 2 aromatic rings. The molecule has 0 aliphatic heterocycles. The Hall–Kier alpha value is -2.09. The van der Waals surface area contributed by atoms with Gasteiger partial charge in [-0.2, -0.15) is 0 Å². The van der Waals surface area contributed by atoms with Crippen molar-refractivity contribution in [2.24, 2.45) is 5.73 Å². The fraction of sp³-hybridized carbons (Fsp3) is 0.308. The number of benzene rings is 1. The number of carbonyl (C=O) groups excluding carboxylic acids is 1. The summed E-state index contributed by atoms with van der Waals surface area (Å²) in [4.78, 5) is 11.0. The summed E-state index contributed by atoms with van der Waals surface area (Å²) in [7, 11) is 0. The van der Waals surface area contributed by atoms with Gasteiger partial charge in [-0.15, -0.1) is 10.2 Å². The highest BCUT2D eigenvalue weighted by Gasteiger charge is 2.19. The smallest absolute Gasteiger partial charge is 0.277 e. The Balaban J connectivity index is 2.00. The Kier molecular flexibility index (Phi) is 4.79. The van der Waals surface area contributed by atoms with Gasteiger partial charge in [0.1, 0.15) is 11.6 Å². The van der Waals surface area contributed by atoms with Crippen LogP contribution < -0.4 is 10.5 Å². The molecule has 0 radical (unpaired) electrons. The molecule has 0 saturated carbocycles. The van der Waals surface area contributed by atoms with E-state index in [1.54, 1.807) is 13.8 Å². The van der Waals surface area contributed by atoms with Gasteiger partial charge in [-0.3, -0.25) is 4.79 Å². The number of aromatic nitrogens is 2. The van der Waals surface area contributed by atoms with Crippen LogP contribution in [-0.2, 0) is 4.79 Å². The molecule has 0 unspecified atom stereocenters. The summed E-state index contributed by atoms with van der Waals surface area (Å²) in [5.41, 5.74) is 5.16. The van der Waals surface area contributed by atoms with Crippen molar-refractivity contribution in [1.29, 1.82) is 0 Å². The van der Waals surface area contributed by atoms with Crippen LogP contribution >= 0.6 is 11.8 Å². The predicted octanol–water partition coefficient (Wildman–Crippen LogP) is 2.31. The number of hydrogen-bond donors (Lipinski definition) is 1. The number of hydrogen-bond acceptors (Lipinski definition) is 6. The summed E-state index contributed by atoms with van der Waals surface area (Å²) in [5, 5.41) is 7.44. The summed E-state index contributed by atoms with van der Waals surface area (Å²) in [6.07, 6.45) is -0.499. The summed E-state index contributed by atoms with van der Waals surface area (Å²) in [6, 6.07) is 5.61. The molecule has 0 fully saturated rings. The third-order valence-electron chi connectivity index (χ3n) is 2.57. The van der Waals surface area contributed by atoms with Crippen molar-refractivity contribution in [2.75, 3.05) is 0 Å². The molecule has 1 heterocycles. The van der Waals surface area contributed by atoms with Crippen LogP contribution in [0.3, 0.4) is 0 Å². The second-order valence-electron chi connectivity index (χ2n) is 4.28. The minimum absolute atomic E-state index is 0.242. The van der Waals surface area contributed by atoms with Gasteiger partial charge in [0.2, 0.25) is 5.91 Å². The highest BCUT2D eigenvalue weighted by Crippen LogP contribution is 2.26. The highest BCUT2D eigenvalue weighted by molar-refractivity contribution is 8.00. The molecule has 6 nitrogen and oxygen atoms in total. The average Bonchev–Trinajstić information content (AvgIpc) is 2.90. The van der Waals surface area contributed by atoms with Crippen molar-refractivity contribution in [3.8, 4) is 5.75 Å². The van der Waals surface area contributed by atoms with Crippen LogP contribution in [0.4, 0.5) is 4.39 Å². The van der Waals surface area contributed by atoms with Crippen molar-refractivity contribution in [2.45, 2.75) is 30.4 Å². The van der Waals surface area contributed by atoms with Gasteiger partial charge in [-0.25, -0.2) is 4.39 Å². The first-order chi connectivity index (χ1) is 9.95. The van der Waals surface area contributed by atoms with Crippen LogP contribution in [0.25, 0.3) is 0 Å². The number of thioether (sulfide) groups is 1. The van der Waals surface area contributed by atoms with Crippen LogP contribution in [0, 0.1) is 5.82 Å². The van der Waals surface area contributed by atoms with Crippen molar-refractivity contribution < 1.29 is 18.3 Å². The van der Waals surface area contributed by atoms with Crippen LogP contribution in [0.1, 0.15) is 25.8 Å². The number of nitrogens with two attached hydrogens (primary N) is 1. The molecule has 0 aliphatic carbocycles. The van der Waals surface area contributed by atoms with E-state index in [1.165, 1.54) is 24.3 Å². The molecule has 0 bridgehead atoms. The maximum absolute atomic E-state index is 12.8. The van der Waals surface area contributed by atoms with E-state index in [0.717, 1.165) is 11.8 Å². The van der Waals surface area contributed by atoms with E-state index < -0.39 is 17.3 Å². The lowest BCUT2D eigenvalue weighted by Gasteiger charge is -2.10. The van der Waals surface area contributed by atoms with E-state index >= 15 is 0 Å². The molecule has 1 aromatic carbocycles. The summed E-state index contributed by atoms with van der Waals surface area (Å²) in [6.45, 7) is 3.37. The molecule has 8 heteroatoms. The summed E-state index contributed by atoms with van der Waals surface area (Å²) >= 11 is 1.08. The first-order valence-electron chi connectivity index (χ1n) is 6.17. The number of amides is 1. The average molecular weight is 311 g/mol. The molecule has 0 spiro atoms. The maximum atomic E-state index is 12.8. The van der Waals surface area contributed by atoms with E-state index in [9.17, 15) is 9.18 Å². The van der Waals surface area contributed by atoms with Crippen LogP contribution in [0.5, 0.6) is 5.75 Å². The lowest BCUT2D eigenvalue weighted by Crippen LogP contribution is -2.22. The third kappa shape index (κ3) is 4.19. The number of rotatable bonds is 6. The first kappa shape index (κ1) is 15.3. The van der Waals surface area contributed by atoms with E-state index in [0.29, 0.717) is 5.75 Å². The van der Waals surface area contributed by atoms with Crippen LogP contribution in [0.15, 0.2) is 33.9 Å². The minimum Gasteiger partial charge on any atom is -0.481 e. The molecule has 1 aromatic heterocycles. The number of carbonyl (C=O) groups is 1. The molecule has 2 rings (SSSR count). The van der Waals surface area contributed by atoms with Gasteiger partial charge < -0.3 is 14.9 Å². The molecule has 0 saturated heterocycles. The number of nitrogens with zero attached hydrogens (tertiary/aromatic N) is 2. The van der Waals surface area contributed by atoms with E-state index in [4.69, 9.17) is 14.9 Å². The van der Waals surface area contributed by atoms with Gasteiger partial charge in [0.25, 0.3) is 11.1 Å². The zero-order valence-corrected chi connectivity index (χ0v) is 12.3. The normalized spacial score (nSPS) is 13.7. The topological polar surface area (TPSA) is 91.2 Å². The van der Waals surface area contributed by atoms with Crippen molar-refractivity contribution in [1.82, 2.24) is 10.2 Å². The summed E-state index contributed by atoms with van der Waals surface area (Å²) < 4.78 is 23.8. The van der Waals surface area contributed by atoms with Crippen LogP contribution in [0.2, 0.25) is 0 Å². The zero-order valence-electron chi connectivity index (χ0n) is 11.4. The Morgan fingerprint density at radius 1 is 1.33 bits per heavy atom. The second-order valence-corrected chi connectivity index (χ2v) is 5.57. The highest BCUT2D eigenvalue weighted by atomic mass is 32.2. The molecule has 112 valence electrons. The molecule has 1 amide bonds. The van der Waals surface area contributed by atoms with Gasteiger partial charge in [0.05, 0.1) is 5.25 Å². The Labute approximate surface area is 124 Å². The van der Waals surface area contributed by atoms with Gasteiger partial charge in [-0.1, -0.05) is 11.8 Å². The number of ether oxygens (including phenoxy) is 1. The van der Waals surface area contributed by atoms with Crippen molar-refractivity contribution in [3.05, 3.63) is 36.0 Å². The molecular formula is C13H14FN3O3S. The van der Waals surface area contributed by atoms with Gasteiger partial charge >= 0.3 is 0 Å². The SMILES string of the molecule is C[C@H](Oc1ccc(F)cc1)c1nnc(S[C@H](C)C(N)=O)o1. The summed E-state index contributed by atoms with van der Waals surface area (Å²) in [5.74, 6) is -0.0532. The maximum Gasteiger partial charge on any atom is 0.277 e.